The molecule has 140 valence electrons. The molecule has 1 N–H and O–H groups in total. The predicted molar refractivity (Wildman–Crippen MR) is 105 cm³/mol. The average molecular weight is 365 g/mol. The van der Waals surface area contributed by atoms with E-state index < -0.39 is 0 Å². The smallest absolute Gasteiger partial charge is 0.255 e. The van der Waals surface area contributed by atoms with E-state index in [0.29, 0.717) is 17.1 Å². The van der Waals surface area contributed by atoms with Crippen LogP contribution >= 0.6 is 0 Å². The van der Waals surface area contributed by atoms with Gasteiger partial charge in [-0.1, -0.05) is 48.5 Å². The minimum atomic E-state index is -0.308. The molecular weight excluding hydrogens is 342 g/mol. The Kier molecular flexibility index (Phi) is 5.54. The highest BCUT2D eigenvalue weighted by Crippen LogP contribution is 2.21. The maximum absolute atomic E-state index is 13.3. The molecule has 6 heteroatoms. The van der Waals surface area contributed by atoms with E-state index >= 15 is 0 Å². The molecule has 1 unspecified atom stereocenters. The van der Waals surface area contributed by atoms with Gasteiger partial charge >= 0.3 is 0 Å². The Hall–Kier alpha value is -3.15. The third-order valence-electron chi connectivity index (χ3n) is 4.61. The summed E-state index contributed by atoms with van der Waals surface area (Å²) < 4.78 is 4.96. The number of nitrogens with one attached hydrogen (secondary N) is 1. The van der Waals surface area contributed by atoms with E-state index in [1.54, 1.807) is 24.0 Å². The molecule has 1 aromatic heterocycles. The standard InChI is InChI=1S/C21H23N3O3/c1-4-14(2)24(13-20(25)22-19-12-15(3)27-23-19)21(26)18-11-7-9-16-8-5-6-10-17(16)18/h5-12,14H,4,13H2,1-3H3,(H,22,23,25). The van der Waals surface area contributed by atoms with E-state index in [9.17, 15) is 9.59 Å². The number of amides is 2. The summed E-state index contributed by atoms with van der Waals surface area (Å²) in [6.45, 7) is 5.63. The summed E-state index contributed by atoms with van der Waals surface area (Å²) >= 11 is 0. The molecule has 27 heavy (non-hydrogen) atoms. The van der Waals surface area contributed by atoms with E-state index in [4.69, 9.17) is 4.52 Å². The SMILES string of the molecule is CCC(C)N(CC(=O)Nc1cc(C)on1)C(=O)c1cccc2ccccc12. The monoisotopic (exact) mass is 365 g/mol. The Bertz CT molecular complexity index is 959. The van der Waals surface area contributed by atoms with Gasteiger partial charge in [0.15, 0.2) is 5.82 Å². The number of nitrogens with zero attached hydrogens (tertiary/aromatic N) is 2. The van der Waals surface area contributed by atoms with E-state index in [2.05, 4.69) is 10.5 Å². The van der Waals surface area contributed by atoms with Crippen LogP contribution in [0.2, 0.25) is 0 Å². The highest BCUT2D eigenvalue weighted by Gasteiger charge is 2.24. The zero-order valence-corrected chi connectivity index (χ0v) is 15.7. The first kappa shape index (κ1) is 18.6. The van der Waals surface area contributed by atoms with Crippen LogP contribution < -0.4 is 5.32 Å². The van der Waals surface area contributed by atoms with Gasteiger partial charge in [0, 0.05) is 17.7 Å². The third-order valence-corrected chi connectivity index (χ3v) is 4.61. The van der Waals surface area contributed by atoms with Crippen LogP contribution in [-0.2, 0) is 4.79 Å². The molecule has 2 amide bonds. The van der Waals surface area contributed by atoms with Crippen LogP contribution in [0.25, 0.3) is 10.8 Å². The molecule has 1 atom stereocenters. The van der Waals surface area contributed by atoms with Crippen molar-refractivity contribution in [2.45, 2.75) is 33.2 Å². The van der Waals surface area contributed by atoms with Gasteiger partial charge in [-0.25, -0.2) is 0 Å². The lowest BCUT2D eigenvalue weighted by atomic mass is 10.0. The van der Waals surface area contributed by atoms with Crippen LogP contribution in [0.15, 0.2) is 53.1 Å². The van der Waals surface area contributed by atoms with Gasteiger partial charge in [-0.15, -0.1) is 0 Å². The van der Waals surface area contributed by atoms with Gasteiger partial charge in [0.1, 0.15) is 12.3 Å². The van der Waals surface area contributed by atoms with Gasteiger partial charge in [-0.3, -0.25) is 9.59 Å². The van der Waals surface area contributed by atoms with Crippen molar-refractivity contribution in [2.24, 2.45) is 0 Å². The molecule has 3 aromatic rings. The Labute approximate surface area is 158 Å². The molecule has 0 aliphatic rings. The lowest BCUT2D eigenvalue weighted by Gasteiger charge is -2.28. The third kappa shape index (κ3) is 4.16. The Morgan fingerprint density at radius 1 is 1.19 bits per heavy atom. The van der Waals surface area contributed by atoms with Crippen LogP contribution in [0.3, 0.4) is 0 Å². The molecule has 0 saturated carbocycles. The molecule has 1 heterocycles. The molecule has 0 saturated heterocycles. The van der Waals surface area contributed by atoms with Gasteiger partial charge in [0.2, 0.25) is 5.91 Å². The number of aryl methyl sites for hydroxylation is 1. The number of benzene rings is 2. The van der Waals surface area contributed by atoms with Crippen molar-refractivity contribution < 1.29 is 14.1 Å². The number of rotatable bonds is 6. The van der Waals surface area contributed by atoms with Crippen LogP contribution in [0, 0.1) is 6.92 Å². The highest BCUT2D eigenvalue weighted by atomic mass is 16.5. The predicted octanol–water partition coefficient (Wildman–Crippen LogP) is 4.02. The number of fused-ring (bicyclic) bond motifs is 1. The average Bonchev–Trinajstić information content (AvgIpc) is 3.09. The first-order chi connectivity index (χ1) is 13.0. The summed E-state index contributed by atoms with van der Waals surface area (Å²) in [4.78, 5) is 27.3. The molecule has 0 bridgehead atoms. The first-order valence-electron chi connectivity index (χ1n) is 9.01. The van der Waals surface area contributed by atoms with Gasteiger partial charge in [-0.05, 0) is 37.1 Å². The summed E-state index contributed by atoms with van der Waals surface area (Å²) in [5, 5.41) is 8.32. The lowest BCUT2D eigenvalue weighted by Crippen LogP contribution is -2.43. The molecule has 0 fully saturated rings. The molecule has 3 rings (SSSR count). The summed E-state index contributed by atoms with van der Waals surface area (Å²) in [5.41, 5.74) is 0.596. The molecule has 6 nitrogen and oxygen atoms in total. The first-order valence-corrected chi connectivity index (χ1v) is 9.01. The summed E-state index contributed by atoms with van der Waals surface area (Å²) in [5.74, 6) is 0.486. The highest BCUT2D eigenvalue weighted by molar-refractivity contribution is 6.08. The fourth-order valence-electron chi connectivity index (χ4n) is 2.98. The molecule has 0 spiro atoms. The summed E-state index contributed by atoms with van der Waals surface area (Å²) in [7, 11) is 0. The maximum Gasteiger partial charge on any atom is 0.255 e. The maximum atomic E-state index is 13.3. The summed E-state index contributed by atoms with van der Waals surface area (Å²) in [6, 6.07) is 14.9. The van der Waals surface area contributed by atoms with Crippen LogP contribution in [0.4, 0.5) is 5.82 Å². The lowest BCUT2D eigenvalue weighted by molar-refractivity contribution is -0.117. The quantitative estimate of drug-likeness (QED) is 0.716. The Balaban J connectivity index is 1.85. The topological polar surface area (TPSA) is 75.4 Å². The fraction of sp³-hybridized carbons (Fsp3) is 0.286. The van der Waals surface area contributed by atoms with Crippen molar-refractivity contribution in [1.82, 2.24) is 10.1 Å². The molecule has 0 aliphatic heterocycles. The van der Waals surface area contributed by atoms with E-state index in [-0.39, 0.29) is 24.4 Å². The van der Waals surface area contributed by atoms with E-state index in [1.807, 2.05) is 50.2 Å². The minimum Gasteiger partial charge on any atom is -0.360 e. The molecule has 0 radical (unpaired) electrons. The minimum absolute atomic E-state index is 0.0526. The zero-order valence-electron chi connectivity index (χ0n) is 15.7. The number of carbonyl (C=O) groups excluding carboxylic acids is 2. The number of carbonyl (C=O) groups is 2. The second kappa shape index (κ2) is 8.03. The Morgan fingerprint density at radius 2 is 1.93 bits per heavy atom. The molecular formula is C21H23N3O3. The van der Waals surface area contributed by atoms with Crippen molar-refractivity contribution in [1.29, 1.82) is 0 Å². The zero-order chi connectivity index (χ0) is 19.4. The summed E-state index contributed by atoms with van der Waals surface area (Å²) in [6.07, 6.45) is 0.743. The van der Waals surface area contributed by atoms with E-state index in [1.165, 1.54) is 0 Å². The van der Waals surface area contributed by atoms with Crippen molar-refractivity contribution in [2.75, 3.05) is 11.9 Å². The van der Waals surface area contributed by atoms with Crippen molar-refractivity contribution in [3.8, 4) is 0 Å². The largest absolute Gasteiger partial charge is 0.360 e. The van der Waals surface area contributed by atoms with Crippen LogP contribution in [0.1, 0.15) is 36.4 Å². The molecule has 0 aliphatic carbocycles. The number of aromatic nitrogens is 1. The van der Waals surface area contributed by atoms with E-state index in [0.717, 1.165) is 17.2 Å². The van der Waals surface area contributed by atoms with Gasteiger partial charge in [0.25, 0.3) is 5.91 Å². The van der Waals surface area contributed by atoms with Gasteiger partial charge in [-0.2, -0.15) is 0 Å². The molecule has 2 aromatic carbocycles. The van der Waals surface area contributed by atoms with Crippen LogP contribution in [0.5, 0.6) is 0 Å². The van der Waals surface area contributed by atoms with Gasteiger partial charge < -0.3 is 14.7 Å². The second-order valence-electron chi connectivity index (χ2n) is 6.59. The number of hydrogen-bond acceptors (Lipinski definition) is 4. The van der Waals surface area contributed by atoms with Gasteiger partial charge in [0.05, 0.1) is 0 Å². The van der Waals surface area contributed by atoms with Crippen LogP contribution in [-0.4, -0.2) is 34.5 Å². The normalized spacial score (nSPS) is 12.0. The second-order valence-corrected chi connectivity index (χ2v) is 6.59. The Morgan fingerprint density at radius 3 is 2.63 bits per heavy atom. The fourth-order valence-corrected chi connectivity index (χ4v) is 2.98. The number of anilines is 1. The van der Waals surface area contributed by atoms with Crippen molar-refractivity contribution >= 4 is 28.4 Å². The number of hydrogen-bond donors (Lipinski definition) is 1. The van der Waals surface area contributed by atoms with Crippen molar-refractivity contribution in [3.05, 3.63) is 59.9 Å². The van der Waals surface area contributed by atoms with Crippen molar-refractivity contribution in [3.63, 3.8) is 0 Å².